The van der Waals surface area contributed by atoms with E-state index in [0.29, 0.717) is 6.04 Å². The fraction of sp³-hybridized carbons (Fsp3) is 0.455. The maximum atomic E-state index is 4.55. The van der Waals surface area contributed by atoms with E-state index in [1.54, 1.807) is 7.05 Å². The second kappa shape index (κ2) is 4.75. The van der Waals surface area contributed by atoms with E-state index in [9.17, 15) is 0 Å². The van der Waals surface area contributed by atoms with Crippen molar-refractivity contribution in [2.24, 2.45) is 9.98 Å². The van der Waals surface area contributed by atoms with Gasteiger partial charge in [-0.25, -0.2) is 0 Å². The lowest BCUT2D eigenvalue weighted by atomic mass is 10.1. The van der Waals surface area contributed by atoms with Crippen LogP contribution in [0.1, 0.15) is 20.3 Å². The molecule has 13 heavy (non-hydrogen) atoms. The van der Waals surface area contributed by atoms with Crippen LogP contribution in [0.2, 0.25) is 0 Å². The summed E-state index contributed by atoms with van der Waals surface area (Å²) in [6.07, 6.45) is 9.04. The van der Waals surface area contributed by atoms with E-state index in [2.05, 4.69) is 23.8 Å². The number of hydrogen-bond acceptors (Lipinski definition) is 2. The maximum absolute atomic E-state index is 4.55. The zero-order chi connectivity index (χ0) is 9.68. The van der Waals surface area contributed by atoms with Crippen LogP contribution < -0.4 is 0 Å². The third-order valence-corrected chi connectivity index (χ3v) is 2.07. The standard InChI is InChI=1S/C11H16N2/c1-4-9(2)13-11-8-6-5-7-10(11)12-3/h5-9H,4H2,1-3H3. The molecule has 1 aliphatic carbocycles. The molecular formula is C11H16N2. The summed E-state index contributed by atoms with van der Waals surface area (Å²) in [5.74, 6) is 0. The van der Waals surface area contributed by atoms with Crippen LogP contribution in [0.5, 0.6) is 0 Å². The molecule has 2 nitrogen and oxygen atoms in total. The summed E-state index contributed by atoms with van der Waals surface area (Å²) in [5.41, 5.74) is 1.97. The van der Waals surface area contributed by atoms with Crippen molar-refractivity contribution in [3.63, 3.8) is 0 Å². The molecule has 0 aromatic carbocycles. The first-order valence-electron chi connectivity index (χ1n) is 4.67. The highest BCUT2D eigenvalue weighted by Gasteiger charge is 2.05. The van der Waals surface area contributed by atoms with Crippen LogP contribution >= 0.6 is 0 Å². The van der Waals surface area contributed by atoms with E-state index >= 15 is 0 Å². The molecule has 0 heterocycles. The first kappa shape index (κ1) is 9.90. The molecule has 1 unspecified atom stereocenters. The topological polar surface area (TPSA) is 24.7 Å². The molecule has 1 aliphatic rings. The first-order valence-corrected chi connectivity index (χ1v) is 4.67. The second-order valence-electron chi connectivity index (χ2n) is 3.10. The van der Waals surface area contributed by atoms with Crippen molar-refractivity contribution < 1.29 is 0 Å². The van der Waals surface area contributed by atoms with Gasteiger partial charge < -0.3 is 0 Å². The summed E-state index contributed by atoms with van der Waals surface area (Å²) in [7, 11) is 1.80. The predicted molar refractivity (Wildman–Crippen MR) is 58.8 cm³/mol. The summed E-state index contributed by atoms with van der Waals surface area (Å²) >= 11 is 0. The lowest BCUT2D eigenvalue weighted by Gasteiger charge is -2.08. The van der Waals surface area contributed by atoms with E-state index in [4.69, 9.17) is 0 Å². The fourth-order valence-corrected chi connectivity index (χ4v) is 1.09. The average molecular weight is 176 g/mol. The van der Waals surface area contributed by atoms with Crippen LogP contribution in [0, 0.1) is 0 Å². The van der Waals surface area contributed by atoms with Crippen LogP contribution in [-0.2, 0) is 0 Å². The van der Waals surface area contributed by atoms with Gasteiger partial charge in [-0.1, -0.05) is 19.1 Å². The Morgan fingerprint density at radius 3 is 2.38 bits per heavy atom. The van der Waals surface area contributed by atoms with Gasteiger partial charge in [-0.2, -0.15) is 0 Å². The fourth-order valence-electron chi connectivity index (χ4n) is 1.09. The number of allylic oxidation sites excluding steroid dienone is 4. The Morgan fingerprint density at radius 1 is 1.23 bits per heavy atom. The van der Waals surface area contributed by atoms with Crippen molar-refractivity contribution in [1.29, 1.82) is 0 Å². The normalized spacial score (nSPS) is 24.2. The van der Waals surface area contributed by atoms with Gasteiger partial charge in [0.2, 0.25) is 0 Å². The maximum Gasteiger partial charge on any atom is 0.0829 e. The van der Waals surface area contributed by atoms with Crippen molar-refractivity contribution in [1.82, 2.24) is 0 Å². The quantitative estimate of drug-likeness (QED) is 0.577. The van der Waals surface area contributed by atoms with Crippen LogP contribution in [-0.4, -0.2) is 24.5 Å². The van der Waals surface area contributed by atoms with E-state index in [-0.39, 0.29) is 0 Å². The van der Waals surface area contributed by atoms with Crippen LogP contribution in [0.25, 0.3) is 0 Å². The number of hydrogen-bond donors (Lipinski definition) is 0. The molecule has 1 atom stereocenters. The molecule has 0 aromatic heterocycles. The molecule has 0 aromatic rings. The summed E-state index contributed by atoms with van der Waals surface area (Å²) in [5, 5.41) is 0. The van der Waals surface area contributed by atoms with Crippen molar-refractivity contribution in [3.05, 3.63) is 24.3 Å². The average Bonchev–Trinajstić information content (AvgIpc) is 2.18. The van der Waals surface area contributed by atoms with Crippen molar-refractivity contribution in [3.8, 4) is 0 Å². The van der Waals surface area contributed by atoms with Crippen molar-refractivity contribution in [2.75, 3.05) is 7.05 Å². The molecule has 70 valence electrons. The Morgan fingerprint density at radius 2 is 1.85 bits per heavy atom. The predicted octanol–water partition coefficient (Wildman–Crippen LogP) is 2.42. The van der Waals surface area contributed by atoms with Gasteiger partial charge >= 0.3 is 0 Å². The highest BCUT2D eigenvalue weighted by molar-refractivity contribution is 6.51. The molecule has 2 heteroatoms. The minimum atomic E-state index is 0.378. The molecule has 0 amide bonds. The van der Waals surface area contributed by atoms with Crippen molar-refractivity contribution in [2.45, 2.75) is 26.3 Å². The molecule has 1 rings (SSSR count). The van der Waals surface area contributed by atoms with Gasteiger partial charge in [0.25, 0.3) is 0 Å². The number of aliphatic imine (C=N–C) groups is 2. The molecule has 0 N–H and O–H groups in total. The Balaban J connectivity index is 2.85. The Kier molecular flexibility index (Phi) is 3.62. The molecule has 0 aliphatic heterocycles. The minimum absolute atomic E-state index is 0.378. The van der Waals surface area contributed by atoms with Gasteiger partial charge in [0, 0.05) is 13.1 Å². The second-order valence-corrected chi connectivity index (χ2v) is 3.10. The molecule has 0 radical (unpaired) electrons. The smallest absolute Gasteiger partial charge is 0.0829 e. The van der Waals surface area contributed by atoms with Gasteiger partial charge in [-0.3, -0.25) is 9.98 Å². The summed E-state index contributed by atoms with van der Waals surface area (Å²) < 4.78 is 0. The highest BCUT2D eigenvalue weighted by Crippen LogP contribution is 2.03. The Bertz CT molecular complexity index is 282. The van der Waals surface area contributed by atoms with E-state index in [1.807, 2.05) is 24.3 Å². The monoisotopic (exact) mass is 176 g/mol. The molecule has 0 saturated heterocycles. The molecule has 0 saturated carbocycles. The zero-order valence-electron chi connectivity index (χ0n) is 8.49. The zero-order valence-corrected chi connectivity index (χ0v) is 8.49. The number of nitrogens with zero attached hydrogens (tertiary/aromatic N) is 2. The van der Waals surface area contributed by atoms with Gasteiger partial charge in [0.15, 0.2) is 0 Å². The molecule has 0 spiro atoms. The SMILES string of the molecule is CCC(C)N=C1C=CC=CC1=NC. The van der Waals surface area contributed by atoms with Crippen molar-refractivity contribution >= 4 is 11.4 Å². The lowest BCUT2D eigenvalue weighted by molar-refractivity contribution is 0.719. The minimum Gasteiger partial charge on any atom is -0.286 e. The number of rotatable bonds is 2. The first-order chi connectivity index (χ1) is 6.27. The van der Waals surface area contributed by atoms with Gasteiger partial charge in [-0.05, 0) is 25.5 Å². The van der Waals surface area contributed by atoms with Crippen LogP contribution in [0.15, 0.2) is 34.3 Å². The third kappa shape index (κ3) is 2.65. The summed E-state index contributed by atoms with van der Waals surface area (Å²) in [4.78, 5) is 8.72. The van der Waals surface area contributed by atoms with Crippen LogP contribution in [0.4, 0.5) is 0 Å². The van der Waals surface area contributed by atoms with E-state index in [0.717, 1.165) is 17.8 Å². The highest BCUT2D eigenvalue weighted by atomic mass is 14.8. The molecule has 0 fully saturated rings. The summed E-state index contributed by atoms with van der Waals surface area (Å²) in [6.45, 7) is 4.26. The van der Waals surface area contributed by atoms with Gasteiger partial charge in [0.1, 0.15) is 0 Å². The van der Waals surface area contributed by atoms with Crippen LogP contribution in [0.3, 0.4) is 0 Å². The lowest BCUT2D eigenvalue weighted by Crippen LogP contribution is -2.14. The van der Waals surface area contributed by atoms with Gasteiger partial charge in [0.05, 0.1) is 11.4 Å². The summed E-state index contributed by atoms with van der Waals surface area (Å²) in [6, 6.07) is 0.378. The Labute approximate surface area is 79.8 Å². The third-order valence-electron chi connectivity index (χ3n) is 2.07. The molecular weight excluding hydrogens is 160 g/mol. The van der Waals surface area contributed by atoms with E-state index in [1.165, 1.54) is 0 Å². The van der Waals surface area contributed by atoms with Gasteiger partial charge in [-0.15, -0.1) is 0 Å². The largest absolute Gasteiger partial charge is 0.286 e. The van der Waals surface area contributed by atoms with E-state index < -0.39 is 0 Å². The Hall–Kier alpha value is -1.18. The molecule has 0 bridgehead atoms.